The summed E-state index contributed by atoms with van der Waals surface area (Å²) in [7, 11) is 0. The van der Waals surface area contributed by atoms with Gasteiger partial charge in [-0.25, -0.2) is 9.97 Å². The van der Waals surface area contributed by atoms with Crippen LogP contribution in [0.15, 0.2) is 36.7 Å². The summed E-state index contributed by atoms with van der Waals surface area (Å²) in [5.41, 5.74) is 0.818. The van der Waals surface area contributed by atoms with Gasteiger partial charge in [0.05, 0.1) is 3.57 Å². The molecule has 0 aliphatic carbocycles. The lowest BCUT2D eigenvalue weighted by atomic mass is 10.1. The molecule has 0 atom stereocenters. The molecule has 0 fully saturated rings. The Hall–Kier alpha value is -0.980. The molecule has 0 aliphatic heterocycles. The fourth-order valence-corrected chi connectivity index (χ4v) is 2.44. The van der Waals surface area contributed by atoms with E-state index in [0.29, 0.717) is 19.7 Å². The van der Waals surface area contributed by atoms with Gasteiger partial charge in [-0.2, -0.15) is 0 Å². The largest absolute Gasteiger partial charge is 0.263 e. The normalized spacial score (nSPS) is 10.9. The van der Waals surface area contributed by atoms with Gasteiger partial charge < -0.3 is 0 Å². The highest BCUT2D eigenvalue weighted by Gasteiger charge is 2.12. The molecule has 6 heteroatoms. The Kier molecular flexibility index (Phi) is 3.56. The predicted molar refractivity (Wildman–Crippen MR) is 85.5 cm³/mol. The highest BCUT2D eigenvalue weighted by molar-refractivity contribution is 14.1. The molecule has 3 aromatic rings. The van der Waals surface area contributed by atoms with Crippen LogP contribution in [0.4, 0.5) is 0 Å². The fraction of sp³-hybridized carbons (Fsp3) is 0. The molecule has 0 saturated carbocycles. The molecule has 3 nitrogen and oxygen atoms in total. The second kappa shape index (κ2) is 5.19. The molecule has 1 aromatic carbocycles. The molecular formula is C13H6Cl2IN3. The smallest absolute Gasteiger partial charge is 0.164 e. The third-order valence-electron chi connectivity index (χ3n) is 2.68. The molecule has 0 N–H and O–H groups in total. The lowest BCUT2D eigenvalue weighted by molar-refractivity contribution is 1.16. The van der Waals surface area contributed by atoms with E-state index in [1.807, 2.05) is 46.9 Å². The van der Waals surface area contributed by atoms with Crippen molar-refractivity contribution in [3.8, 4) is 11.4 Å². The highest BCUT2D eigenvalue weighted by atomic mass is 127. The third kappa shape index (κ3) is 2.40. The number of pyridine rings is 1. The van der Waals surface area contributed by atoms with Crippen LogP contribution >= 0.6 is 45.8 Å². The van der Waals surface area contributed by atoms with Gasteiger partial charge in [-0.15, -0.1) is 0 Å². The average Bonchev–Trinajstić information content (AvgIpc) is 2.43. The zero-order valence-corrected chi connectivity index (χ0v) is 13.1. The first-order valence-corrected chi connectivity index (χ1v) is 7.22. The topological polar surface area (TPSA) is 38.7 Å². The van der Waals surface area contributed by atoms with E-state index in [1.54, 1.807) is 12.4 Å². The van der Waals surface area contributed by atoms with Gasteiger partial charge in [-0.1, -0.05) is 47.5 Å². The van der Waals surface area contributed by atoms with Crippen LogP contribution in [0.5, 0.6) is 0 Å². The Bertz CT molecular complexity index is 748. The number of benzene rings is 1. The second-order valence-corrected chi connectivity index (χ2v) is 5.65. The van der Waals surface area contributed by atoms with Gasteiger partial charge in [-0.05, 0) is 28.0 Å². The van der Waals surface area contributed by atoms with Crippen LogP contribution in [0.3, 0.4) is 0 Å². The Labute approximate surface area is 133 Å². The minimum atomic E-state index is 0.350. The zero-order valence-electron chi connectivity index (χ0n) is 9.44. The van der Waals surface area contributed by atoms with Crippen molar-refractivity contribution in [2.75, 3.05) is 0 Å². The molecule has 2 heterocycles. The summed E-state index contributed by atoms with van der Waals surface area (Å²) in [5.74, 6) is 0.486. The lowest BCUT2D eigenvalue weighted by Gasteiger charge is -2.06. The standard InChI is InChI=1S/C13H6Cl2IN3/c14-11-10(16)12(15)19-13(18-11)9-6-17-5-7-3-1-2-4-8(7)9/h1-6H. The second-order valence-electron chi connectivity index (χ2n) is 3.85. The molecule has 94 valence electrons. The third-order valence-corrected chi connectivity index (χ3v) is 4.89. The van der Waals surface area contributed by atoms with Crippen molar-refractivity contribution in [2.45, 2.75) is 0 Å². The Balaban J connectivity index is 2.31. The molecule has 0 unspecified atom stereocenters. The summed E-state index contributed by atoms with van der Waals surface area (Å²) in [6.45, 7) is 0. The van der Waals surface area contributed by atoms with E-state index in [0.717, 1.165) is 16.3 Å². The maximum absolute atomic E-state index is 6.06. The van der Waals surface area contributed by atoms with Crippen molar-refractivity contribution in [2.24, 2.45) is 0 Å². The van der Waals surface area contributed by atoms with Crippen molar-refractivity contribution in [3.05, 3.63) is 50.5 Å². The van der Waals surface area contributed by atoms with E-state index in [1.165, 1.54) is 0 Å². The van der Waals surface area contributed by atoms with E-state index >= 15 is 0 Å². The van der Waals surface area contributed by atoms with Crippen LogP contribution in [0.2, 0.25) is 10.3 Å². The summed E-state index contributed by atoms with van der Waals surface area (Å²) in [4.78, 5) is 12.8. The van der Waals surface area contributed by atoms with Crippen molar-refractivity contribution in [1.29, 1.82) is 0 Å². The number of rotatable bonds is 1. The molecule has 0 saturated heterocycles. The van der Waals surface area contributed by atoms with E-state index in [-0.39, 0.29) is 0 Å². The first-order valence-electron chi connectivity index (χ1n) is 5.38. The van der Waals surface area contributed by atoms with Crippen LogP contribution in [-0.4, -0.2) is 15.0 Å². The number of hydrogen-bond acceptors (Lipinski definition) is 3. The van der Waals surface area contributed by atoms with Crippen LogP contribution in [0.1, 0.15) is 0 Å². The minimum Gasteiger partial charge on any atom is -0.263 e. The predicted octanol–water partition coefficient (Wildman–Crippen LogP) is 4.60. The monoisotopic (exact) mass is 401 g/mol. The summed E-state index contributed by atoms with van der Waals surface area (Å²) in [6, 6.07) is 7.90. The molecule has 0 bridgehead atoms. The minimum absolute atomic E-state index is 0.350. The summed E-state index contributed by atoms with van der Waals surface area (Å²) >= 11 is 14.1. The lowest BCUT2D eigenvalue weighted by Crippen LogP contribution is -1.95. The maximum atomic E-state index is 6.06. The van der Waals surface area contributed by atoms with Crippen molar-refractivity contribution >= 4 is 56.6 Å². The molecule has 0 aliphatic rings. The van der Waals surface area contributed by atoms with E-state index in [9.17, 15) is 0 Å². The highest BCUT2D eigenvalue weighted by Crippen LogP contribution is 2.29. The average molecular weight is 402 g/mol. The van der Waals surface area contributed by atoms with Crippen molar-refractivity contribution in [1.82, 2.24) is 15.0 Å². The van der Waals surface area contributed by atoms with Crippen LogP contribution < -0.4 is 0 Å². The first kappa shape index (κ1) is 13.0. The quantitative estimate of drug-likeness (QED) is 0.441. The van der Waals surface area contributed by atoms with Gasteiger partial charge in [0, 0.05) is 23.3 Å². The fourth-order valence-electron chi connectivity index (χ4n) is 1.81. The molecule has 0 amide bonds. The van der Waals surface area contributed by atoms with Crippen molar-refractivity contribution < 1.29 is 0 Å². The van der Waals surface area contributed by atoms with Gasteiger partial charge in [0.1, 0.15) is 10.3 Å². The summed E-state index contributed by atoms with van der Waals surface area (Å²) in [5, 5.41) is 2.74. The van der Waals surface area contributed by atoms with E-state index < -0.39 is 0 Å². The summed E-state index contributed by atoms with van der Waals surface area (Å²) in [6.07, 6.45) is 3.52. The SMILES string of the molecule is Clc1nc(-c2cncc3ccccc23)nc(Cl)c1I. The Morgan fingerprint density at radius 1 is 0.947 bits per heavy atom. The molecule has 0 radical (unpaired) electrons. The van der Waals surface area contributed by atoms with Crippen molar-refractivity contribution in [3.63, 3.8) is 0 Å². The van der Waals surface area contributed by atoms with Crippen LogP contribution in [-0.2, 0) is 0 Å². The number of aromatic nitrogens is 3. The van der Waals surface area contributed by atoms with Gasteiger partial charge in [0.15, 0.2) is 5.82 Å². The Morgan fingerprint density at radius 3 is 2.37 bits per heavy atom. The molecule has 3 rings (SSSR count). The number of nitrogens with zero attached hydrogens (tertiary/aromatic N) is 3. The molecular weight excluding hydrogens is 396 g/mol. The molecule has 2 aromatic heterocycles. The zero-order chi connectivity index (χ0) is 13.4. The van der Waals surface area contributed by atoms with Gasteiger partial charge in [0.25, 0.3) is 0 Å². The van der Waals surface area contributed by atoms with E-state index in [4.69, 9.17) is 23.2 Å². The number of hydrogen-bond donors (Lipinski definition) is 0. The van der Waals surface area contributed by atoms with Crippen LogP contribution in [0, 0.1) is 3.57 Å². The van der Waals surface area contributed by atoms with Crippen LogP contribution in [0.25, 0.3) is 22.2 Å². The number of fused-ring (bicyclic) bond motifs is 1. The maximum Gasteiger partial charge on any atom is 0.164 e. The van der Waals surface area contributed by atoms with Gasteiger partial charge >= 0.3 is 0 Å². The van der Waals surface area contributed by atoms with Gasteiger partial charge in [0.2, 0.25) is 0 Å². The summed E-state index contributed by atoms with van der Waals surface area (Å²) < 4.78 is 0.651. The first-order chi connectivity index (χ1) is 9.16. The number of halogens is 3. The van der Waals surface area contributed by atoms with Gasteiger partial charge in [-0.3, -0.25) is 4.98 Å². The molecule has 19 heavy (non-hydrogen) atoms. The Morgan fingerprint density at radius 2 is 1.63 bits per heavy atom. The van der Waals surface area contributed by atoms with E-state index in [2.05, 4.69) is 15.0 Å². The molecule has 0 spiro atoms.